The van der Waals surface area contributed by atoms with E-state index < -0.39 is 29.2 Å². The minimum absolute atomic E-state index is 0.0214. The number of benzene rings is 1. The van der Waals surface area contributed by atoms with E-state index in [0.717, 1.165) is 6.42 Å². The van der Waals surface area contributed by atoms with Gasteiger partial charge in [0.2, 0.25) is 0 Å². The number of carbonyl (C=O) groups is 1. The van der Waals surface area contributed by atoms with Crippen molar-refractivity contribution in [2.24, 2.45) is 5.92 Å². The molecule has 2 aromatic heterocycles. The van der Waals surface area contributed by atoms with E-state index in [1.165, 1.54) is 12.1 Å². The first-order chi connectivity index (χ1) is 17.2. The summed E-state index contributed by atoms with van der Waals surface area (Å²) >= 11 is -1.90. The number of anilines is 1. The van der Waals surface area contributed by atoms with Crippen molar-refractivity contribution in [3.05, 3.63) is 60.3 Å². The molecule has 1 amide bonds. The summed E-state index contributed by atoms with van der Waals surface area (Å²) in [6.07, 6.45) is 2.69. The maximum atomic E-state index is 13.3. The van der Waals surface area contributed by atoms with Gasteiger partial charge in [-0.05, 0) is 12.1 Å². The van der Waals surface area contributed by atoms with Crippen molar-refractivity contribution in [3.63, 3.8) is 0 Å². The average Bonchev–Trinajstić information content (AvgIpc) is 3.40. The minimum atomic E-state index is -4.04. The number of aromatic nitrogens is 3. The van der Waals surface area contributed by atoms with Crippen LogP contribution in [0.4, 0.5) is 5.82 Å². The maximum absolute atomic E-state index is 13.3. The van der Waals surface area contributed by atoms with Gasteiger partial charge in [0.15, 0.2) is 0 Å². The van der Waals surface area contributed by atoms with Crippen LogP contribution in [0.15, 0.2) is 59.6 Å². The van der Waals surface area contributed by atoms with Crippen molar-refractivity contribution in [3.8, 4) is 11.7 Å². The predicted molar refractivity (Wildman–Crippen MR) is 146 cm³/mol. The van der Waals surface area contributed by atoms with Crippen LogP contribution in [-0.4, -0.2) is 59.9 Å². The van der Waals surface area contributed by atoms with Crippen molar-refractivity contribution < 1.29 is 17.9 Å². The van der Waals surface area contributed by atoms with Crippen molar-refractivity contribution in [1.82, 2.24) is 19.5 Å². The quantitative estimate of drug-likeness (QED) is 0.393. The molecule has 1 aliphatic rings. The van der Waals surface area contributed by atoms with Gasteiger partial charge >= 0.3 is 178 Å². The molecule has 0 bridgehead atoms. The second-order valence-electron chi connectivity index (χ2n) is 11.5. The second kappa shape index (κ2) is 10.1. The van der Waals surface area contributed by atoms with Crippen molar-refractivity contribution >= 4 is 35.0 Å². The molecule has 0 unspecified atom stereocenters. The molecule has 1 aliphatic heterocycles. The molecule has 9 nitrogen and oxygen atoms in total. The molecule has 198 valence electrons. The molecule has 37 heavy (non-hydrogen) atoms. The summed E-state index contributed by atoms with van der Waals surface area (Å²) in [5.41, 5.74) is 0.621. The van der Waals surface area contributed by atoms with E-state index in [-0.39, 0.29) is 16.0 Å². The first-order valence-corrected chi connectivity index (χ1v) is 21.6. The summed E-state index contributed by atoms with van der Waals surface area (Å²) < 4.78 is 35.4. The molecule has 0 spiro atoms. The molecule has 1 saturated heterocycles. The van der Waals surface area contributed by atoms with Crippen LogP contribution < -0.4 is 14.4 Å². The fourth-order valence-corrected chi connectivity index (χ4v) is 6.75. The third-order valence-electron chi connectivity index (χ3n) is 6.17. The molecule has 3 heterocycles. The Bertz CT molecular complexity index is 1380. The zero-order valence-electron chi connectivity index (χ0n) is 22.2. The fourth-order valence-electron chi connectivity index (χ4n) is 4.55. The van der Waals surface area contributed by atoms with Gasteiger partial charge in [0.25, 0.3) is 0 Å². The number of hydrogen-bond donors (Lipinski definition) is 1. The van der Waals surface area contributed by atoms with Gasteiger partial charge in [0, 0.05) is 0 Å². The van der Waals surface area contributed by atoms with E-state index in [4.69, 9.17) is 9.72 Å². The van der Waals surface area contributed by atoms with Gasteiger partial charge < -0.3 is 0 Å². The summed E-state index contributed by atoms with van der Waals surface area (Å²) in [7, 11) is -4.04. The molecular formula is C26H35GeN5O4S. The standard InChI is InChI=1S/C26H35GeN5O4S/c1-19-16-26(2,3)31(17-19)24-21(25(33)30-37(34,35)20-10-8-7-9-11-20)12-13-22(28-24)32-15-14-23(29-32)36-18-27(4,5)6/h7-15,19H,16-18H2,1-6H3,(H,30,33)/t19-/m0/s1. The summed E-state index contributed by atoms with van der Waals surface area (Å²) in [5.74, 6) is 7.93. The number of amides is 1. The number of ether oxygens (including phenoxy) is 1. The predicted octanol–water partition coefficient (Wildman–Crippen LogP) is 4.27. The van der Waals surface area contributed by atoms with Gasteiger partial charge in [-0.2, -0.15) is 0 Å². The molecule has 11 heteroatoms. The Kier molecular flexibility index (Phi) is 7.44. The third-order valence-corrected chi connectivity index (χ3v) is 9.63. The van der Waals surface area contributed by atoms with E-state index in [2.05, 4.69) is 52.8 Å². The van der Waals surface area contributed by atoms with E-state index in [0.29, 0.717) is 35.4 Å². The molecule has 1 atom stereocenters. The number of nitrogens with zero attached hydrogens (tertiary/aromatic N) is 4. The normalized spacial score (nSPS) is 17.6. The van der Waals surface area contributed by atoms with Gasteiger partial charge in [-0.25, -0.2) is 8.42 Å². The van der Waals surface area contributed by atoms with Gasteiger partial charge in [-0.1, -0.05) is 18.2 Å². The van der Waals surface area contributed by atoms with Crippen LogP contribution in [0.5, 0.6) is 5.88 Å². The first kappa shape index (κ1) is 27.2. The zero-order valence-corrected chi connectivity index (χ0v) is 25.1. The van der Waals surface area contributed by atoms with E-state index in [9.17, 15) is 13.2 Å². The Morgan fingerprint density at radius 1 is 1.14 bits per heavy atom. The number of pyridine rings is 1. The van der Waals surface area contributed by atoms with Crippen LogP contribution in [0.3, 0.4) is 0 Å². The van der Waals surface area contributed by atoms with Crippen LogP contribution >= 0.6 is 0 Å². The monoisotopic (exact) mass is 587 g/mol. The van der Waals surface area contributed by atoms with Crippen LogP contribution in [0.1, 0.15) is 37.6 Å². The number of hydrogen-bond acceptors (Lipinski definition) is 7. The topological polar surface area (TPSA) is 106 Å². The van der Waals surface area contributed by atoms with Gasteiger partial charge in [-0.15, -0.1) is 0 Å². The Morgan fingerprint density at radius 2 is 1.84 bits per heavy atom. The van der Waals surface area contributed by atoms with Crippen molar-refractivity contribution in [2.45, 2.75) is 54.9 Å². The fraction of sp³-hybridized carbons (Fsp3) is 0.423. The molecule has 1 N–H and O–H groups in total. The number of rotatable bonds is 8. The second-order valence-corrected chi connectivity index (χ2v) is 24.5. The van der Waals surface area contributed by atoms with E-state index >= 15 is 0 Å². The van der Waals surface area contributed by atoms with Crippen molar-refractivity contribution in [1.29, 1.82) is 0 Å². The molecular weight excluding hydrogens is 551 g/mol. The van der Waals surface area contributed by atoms with Crippen LogP contribution in [0, 0.1) is 5.92 Å². The third kappa shape index (κ3) is 6.35. The number of sulfonamides is 1. The van der Waals surface area contributed by atoms with Gasteiger partial charge in [0.1, 0.15) is 0 Å². The Labute approximate surface area is 221 Å². The molecule has 0 saturated carbocycles. The summed E-state index contributed by atoms with van der Waals surface area (Å²) in [4.78, 5) is 20.3. The average molecular weight is 586 g/mol. The summed E-state index contributed by atoms with van der Waals surface area (Å²) in [6, 6.07) is 12.9. The molecule has 1 aromatic carbocycles. The molecule has 0 radical (unpaired) electrons. The number of carbonyl (C=O) groups excluding carboxylic acids is 1. The summed E-state index contributed by atoms with van der Waals surface area (Å²) in [6.45, 7) is 7.05. The molecule has 0 aliphatic carbocycles. The molecule has 3 aromatic rings. The van der Waals surface area contributed by atoms with Gasteiger partial charge in [-0.3, -0.25) is 0 Å². The van der Waals surface area contributed by atoms with Crippen LogP contribution in [0.2, 0.25) is 17.3 Å². The van der Waals surface area contributed by atoms with E-state index in [1.54, 1.807) is 47.3 Å². The first-order valence-electron chi connectivity index (χ1n) is 12.3. The molecule has 1 fully saturated rings. The number of nitrogens with one attached hydrogen (secondary N) is 1. The summed E-state index contributed by atoms with van der Waals surface area (Å²) in [5, 5.41) is 4.52. The van der Waals surface area contributed by atoms with Gasteiger partial charge in [0.05, 0.1) is 4.90 Å². The zero-order chi connectivity index (χ0) is 27.0. The van der Waals surface area contributed by atoms with E-state index in [1.807, 2.05) is 0 Å². The Morgan fingerprint density at radius 3 is 2.46 bits per heavy atom. The Hall–Kier alpha value is -2.86. The Balaban J connectivity index is 1.70. The van der Waals surface area contributed by atoms with Crippen LogP contribution in [-0.2, 0) is 10.0 Å². The van der Waals surface area contributed by atoms with Crippen molar-refractivity contribution in [2.75, 3.05) is 16.9 Å². The SMILES string of the molecule is C[C@@H]1CN(c2nc(-n3ccc(O[CH2][Ge]([CH3])([CH3])[CH3])n3)ccc2C(=O)NS(=O)(=O)c2ccccc2)C(C)(C)C1. The van der Waals surface area contributed by atoms with Crippen LogP contribution in [0.25, 0.3) is 5.82 Å². The molecule has 4 rings (SSSR count).